The van der Waals surface area contributed by atoms with Crippen LogP contribution in [0.1, 0.15) is 40.9 Å². The van der Waals surface area contributed by atoms with Crippen LogP contribution in [-0.4, -0.2) is 24.7 Å². The van der Waals surface area contributed by atoms with Crippen LogP contribution in [0.5, 0.6) is 11.5 Å². The zero-order valence-electron chi connectivity index (χ0n) is 16.8. The zero-order chi connectivity index (χ0) is 20.5. The summed E-state index contributed by atoms with van der Waals surface area (Å²) in [6.07, 6.45) is 3.65. The molecule has 6 nitrogen and oxygen atoms in total. The number of aryl methyl sites for hydroxylation is 2. The van der Waals surface area contributed by atoms with E-state index in [1.165, 1.54) is 0 Å². The van der Waals surface area contributed by atoms with Crippen molar-refractivity contribution < 1.29 is 14.3 Å². The van der Waals surface area contributed by atoms with Crippen LogP contribution in [0.2, 0.25) is 0 Å². The molecule has 1 atom stereocenters. The van der Waals surface area contributed by atoms with Gasteiger partial charge in [0, 0.05) is 18.1 Å². The van der Waals surface area contributed by atoms with Gasteiger partial charge in [-0.2, -0.15) is 0 Å². The molecular formula is C23H24N2O4. The minimum Gasteiger partial charge on any atom is -0.493 e. The summed E-state index contributed by atoms with van der Waals surface area (Å²) in [6.45, 7) is 2.68. The van der Waals surface area contributed by atoms with Crippen LogP contribution in [0.3, 0.4) is 0 Å². The van der Waals surface area contributed by atoms with Gasteiger partial charge in [0.05, 0.1) is 25.8 Å². The van der Waals surface area contributed by atoms with Crippen molar-refractivity contribution in [2.24, 2.45) is 0 Å². The molecule has 2 heterocycles. The van der Waals surface area contributed by atoms with Crippen molar-refractivity contribution in [1.29, 1.82) is 0 Å². The summed E-state index contributed by atoms with van der Waals surface area (Å²) >= 11 is 0. The van der Waals surface area contributed by atoms with Crippen molar-refractivity contribution in [3.05, 3.63) is 69.5 Å². The predicted octanol–water partition coefficient (Wildman–Crippen LogP) is 3.46. The Hall–Kier alpha value is -3.28. The fourth-order valence-corrected chi connectivity index (χ4v) is 4.00. The summed E-state index contributed by atoms with van der Waals surface area (Å²) in [5.74, 6) is 0.838. The number of nitrogens with one attached hydrogen (secondary N) is 1. The van der Waals surface area contributed by atoms with Crippen LogP contribution in [0.4, 0.5) is 0 Å². The first-order chi connectivity index (χ1) is 14.0. The number of hydrogen-bond donors (Lipinski definition) is 1. The third kappa shape index (κ3) is 3.35. The first kappa shape index (κ1) is 19.1. The first-order valence-electron chi connectivity index (χ1n) is 9.71. The number of ether oxygens (including phenoxy) is 2. The Kier molecular flexibility index (Phi) is 5.01. The lowest BCUT2D eigenvalue weighted by Gasteiger charge is -2.21. The first-order valence-corrected chi connectivity index (χ1v) is 9.71. The molecule has 6 heteroatoms. The van der Waals surface area contributed by atoms with Gasteiger partial charge in [0.15, 0.2) is 11.5 Å². The molecule has 1 aromatic heterocycles. The topological polar surface area (TPSA) is 69.6 Å². The van der Waals surface area contributed by atoms with Gasteiger partial charge in [0.25, 0.3) is 5.91 Å². The van der Waals surface area contributed by atoms with E-state index >= 15 is 0 Å². The van der Waals surface area contributed by atoms with E-state index in [1.54, 1.807) is 32.5 Å². The number of rotatable bonds is 5. The predicted molar refractivity (Wildman–Crippen MR) is 112 cm³/mol. The van der Waals surface area contributed by atoms with Gasteiger partial charge in [-0.1, -0.05) is 18.2 Å². The summed E-state index contributed by atoms with van der Waals surface area (Å²) in [7, 11) is 3.15. The fraction of sp³-hybridized carbons (Fsp3) is 0.304. The number of aromatic nitrogens is 1. The lowest BCUT2D eigenvalue weighted by molar-refractivity contribution is 0.0938. The van der Waals surface area contributed by atoms with Crippen LogP contribution in [0.15, 0.2) is 47.4 Å². The lowest BCUT2D eigenvalue weighted by atomic mass is 9.99. The fourth-order valence-electron chi connectivity index (χ4n) is 4.00. The van der Waals surface area contributed by atoms with Gasteiger partial charge < -0.3 is 19.4 Å². The zero-order valence-corrected chi connectivity index (χ0v) is 16.8. The van der Waals surface area contributed by atoms with Gasteiger partial charge in [-0.3, -0.25) is 9.59 Å². The van der Waals surface area contributed by atoms with Crippen LogP contribution in [-0.2, 0) is 13.0 Å². The van der Waals surface area contributed by atoms with Gasteiger partial charge in [-0.05, 0) is 49.1 Å². The van der Waals surface area contributed by atoms with Crippen molar-refractivity contribution in [3.8, 4) is 11.5 Å². The minimum absolute atomic E-state index is 0.170. The van der Waals surface area contributed by atoms with Crippen molar-refractivity contribution in [3.63, 3.8) is 0 Å². The highest BCUT2D eigenvalue weighted by Gasteiger charge is 2.21. The van der Waals surface area contributed by atoms with Gasteiger partial charge in [0.2, 0.25) is 5.43 Å². The Balaban J connectivity index is 1.66. The van der Waals surface area contributed by atoms with Crippen molar-refractivity contribution >= 4 is 16.8 Å². The average molecular weight is 392 g/mol. The molecule has 150 valence electrons. The Morgan fingerprint density at radius 1 is 1.14 bits per heavy atom. The van der Waals surface area contributed by atoms with Gasteiger partial charge in [-0.15, -0.1) is 0 Å². The molecule has 1 aliphatic heterocycles. The molecule has 1 amide bonds. The third-order valence-electron chi connectivity index (χ3n) is 5.53. The van der Waals surface area contributed by atoms with Crippen molar-refractivity contribution in [2.75, 3.05) is 14.2 Å². The molecule has 1 unspecified atom stereocenters. The highest BCUT2D eigenvalue weighted by molar-refractivity contribution is 5.98. The molecule has 2 aromatic carbocycles. The van der Waals surface area contributed by atoms with Crippen molar-refractivity contribution in [1.82, 2.24) is 9.88 Å². The second-order valence-electron chi connectivity index (χ2n) is 7.29. The summed E-state index contributed by atoms with van der Waals surface area (Å²) in [6, 6.07) is 10.9. The highest BCUT2D eigenvalue weighted by Crippen LogP contribution is 2.30. The number of carbonyl (C=O) groups excluding carboxylic acids is 1. The maximum absolute atomic E-state index is 13.0. The molecule has 0 saturated carbocycles. The molecule has 0 fully saturated rings. The number of carbonyl (C=O) groups is 1. The van der Waals surface area contributed by atoms with E-state index in [1.807, 2.05) is 29.7 Å². The highest BCUT2D eigenvalue weighted by atomic mass is 16.5. The number of benzene rings is 2. The number of hydrogen-bond acceptors (Lipinski definition) is 4. The number of para-hydroxylation sites is 1. The van der Waals surface area contributed by atoms with E-state index in [-0.39, 0.29) is 22.9 Å². The van der Waals surface area contributed by atoms with E-state index in [0.29, 0.717) is 16.9 Å². The van der Waals surface area contributed by atoms with Crippen LogP contribution in [0.25, 0.3) is 10.9 Å². The lowest BCUT2D eigenvalue weighted by Crippen LogP contribution is -2.32. The maximum atomic E-state index is 13.0. The van der Waals surface area contributed by atoms with Gasteiger partial charge in [0.1, 0.15) is 5.56 Å². The van der Waals surface area contributed by atoms with Crippen LogP contribution in [0, 0.1) is 0 Å². The molecule has 3 aromatic rings. The number of amides is 1. The normalized spacial score (nSPS) is 13.8. The number of methoxy groups -OCH3 is 2. The van der Waals surface area contributed by atoms with E-state index < -0.39 is 0 Å². The number of nitrogens with zero attached hydrogens (tertiary/aromatic N) is 1. The molecule has 0 bridgehead atoms. The molecule has 1 aliphatic rings. The SMILES string of the molecule is COc1ccc(C(C)NC(=O)c2cn3c4c(cccc4c2=O)CCC3)cc1OC. The monoisotopic (exact) mass is 392 g/mol. The Bertz CT molecular complexity index is 1150. The van der Waals surface area contributed by atoms with Gasteiger partial charge in [-0.25, -0.2) is 0 Å². The van der Waals surface area contributed by atoms with E-state index in [9.17, 15) is 9.59 Å². The quantitative estimate of drug-likeness (QED) is 0.722. The molecule has 0 radical (unpaired) electrons. The smallest absolute Gasteiger partial charge is 0.257 e. The summed E-state index contributed by atoms with van der Waals surface area (Å²) < 4.78 is 12.6. The molecule has 1 N–H and O–H groups in total. The Labute approximate surface area is 169 Å². The second kappa shape index (κ2) is 7.62. The standard InChI is InChI=1S/C23H24N2O4/c1-14(16-9-10-19(28-2)20(12-16)29-3)24-23(27)18-13-25-11-5-7-15-6-4-8-17(21(15)25)22(18)26/h4,6,8-10,12-14H,5,7,11H2,1-3H3,(H,24,27). The molecule has 0 saturated heterocycles. The summed E-state index contributed by atoms with van der Waals surface area (Å²) in [5.41, 5.74) is 2.92. The molecular weight excluding hydrogens is 368 g/mol. The number of pyridine rings is 1. The Morgan fingerprint density at radius 2 is 1.93 bits per heavy atom. The second-order valence-corrected chi connectivity index (χ2v) is 7.29. The summed E-state index contributed by atoms with van der Waals surface area (Å²) in [4.78, 5) is 26.0. The van der Waals surface area contributed by atoms with E-state index in [2.05, 4.69) is 11.4 Å². The molecule has 4 rings (SSSR count). The minimum atomic E-state index is -0.376. The molecule has 29 heavy (non-hydrogen) atoms. The van der Waals surface area contributed by atoms with Crippen LogP contribution >= 0.6 is 0 Å². The average Bonchev–Trinajstić information content (AvgIpc) is 2.75. The van der Waals surface area contributed by atoms with Gasteiger partial charge >= 0.3 is 0 Å². The summed E-state index contributed by atoms with van der Waals surface area (Å²) in [5, 5.41) is 3.55. The van der Waals surface area contributed by atoms with E-state index in [0.717, 1.165) is 36.0 Å². The van der Waals surface area contributed by atoms with Crippen LogP contribution < -0.4 is 20.2 Å². The largest absolute Gasteiger partial charge is 0.493 e. The van der Waals surface area contributed by atoms with Crippen molar-refractivity contribution in [2.45, 2.75) is 32.4 Å². The molecule has 0 aliphatic carbocycles. The molecule has 0 spiro atoms. The van der Waals surface area contributed by atoms with E-state index in [4.69, 9.17) is 9.47 Å². The maximum Gasteiger partial charge on any atom is 0.257 e. The third-order valence-corrected chi connectivity index (χ3v) is 5.53. The Morgan fingerprint density at radius 3 is 2.69 bits per heavy atom.